The standard InChI is InChI=1S/C25H24FNO6S/c1-31-25(28)21-7-3-5-9-24(21)34(29,30)27-12-13-33-23-11-10-18(14-20(23)15-27)16-32-17-19-6-2-4-8-22(19)26/h2-11,14H,12-13,15-17H2,1H3. The molecule has 0 saturated carbocycles. The van der Waals surface area contributed by atoms with Crippen LogP contribution in [0, 0.1) is 5.82 Å². The lowest BCUT2D eigenvalue weighted by atomic mass is 10.1. The molecule has 1 heterocycles. The molecule has 0 radical (unpaired) electrons. The second kappa shape index (κ2) is 10.3. The van der Waals surface area contributed by atoms with Crippen molar-refractivity contribution in [3.8, 4) is 5.75 Å². The Morgan fingerprint density at radius 3 is 2.62 bits per heavy atom. The Morgan fingerprint density at radius 1 is 1.06 bits per heavy atom. The molecule has 0 aliphatic carbocycles. The van der Waals surface area contributed by atoms with Crippen LogP contribution in [0.15, 0.2) is 71.6 Å². The van der Waals surface area contributed by atoms with Crippen molar-refractivity contribution in [1.82, 2.24) is 4.31 Å². The summed E-state index contributed by atoms with van der Waals surface area (Å²) in [5, 5.41) is 0. The van der Waals surface area contributed by atoms with Crippen LogP contribution in [0.3, 0.4) is 0 Å². The molecular weight excluding hydrogens is 461 g/mol. The number of nitrogens with zero attached hydrogens (tertiary/aromatic N) is 1. The van der Waals surface area contributed by atoms with Gasteiger partial charge < -0.3 is 14.2 Å². The van der Waals surface area contributed by atoms with Crippen LogP contribution in [0.5, 0.6) is 5.75 Å². The van der Waals surface area contributed by atoms with Crippen LogP contribution in [0.1, 0.15) is 27.0 Å². The van der Waals surface area contributed by atoms with Crippen LogP contribution in [0.4, 0.5) is 4.39 Å². The molecule has 0 fully saturated rings. The maximum Gasteiger partial charge on any atom is 0.339 e. The molecule has 1 aliphatic rings. The first-order chi connectivity index (χ1) is 16.4. The fourth-order valence-corrected chi connectivity index (χ4v) is 5.30. The summed E-state index contributed by atoms with van der Waals surface area (Å²) < 4.78 is 58.1. The zero-order chi connectivity index (χ0) is 24.1. The zero-order valence-electron chi connectivity index (χ0n) is 18.6. The third-order valence-corrected chi connectivity index (χ3v) is 7.37. The molecule has 178 valence electrons. The van der Waals surface area contributed by atoms with Gasteiger partial charge in [-0.15, -0.1) is 0 Å². The lowest BCUT2D eigenvalue weighted by Gasteiger charge is -2.21. The van der Waals surface area contributed by atoms with E-state index in [1.807, 2.05) is 12.1 Å². The SMILES string of the molecule is COC(=O)c1ccccc1S(=O)(=O)N1CCOc2ccc(COCc3ccccc3F)cc2C1. The number of ether oxygens (including phenoxy) is 3. The molecule has 9 heteroatoms. The Balaban J connectivity index is 1.53. The summed E-state index contributed by atoms with van der Waals surface area (Å²) in [5.74, 6) is -0.470. The number of carbonyl (C=O) groups is 1. The molecule has 0 atom stereocenters. The van der Waals surface area contributed by atoms with Crippen molar-refractivity contribution in [2.24, 2.45) is 0 Å². The highest BCUT2D eigenvalue weighted by atomic mass is 32.2. The van der Waals surface area contributed by atoms with E-state index in [0.29, 0.717) is 16.9 Å². The van der Waals surface area contributed by atoms with Crippen molar-refractivity contribution in [3.05, 3.63) is 94.8 Å². The van der Waals surface area contributed by atoms with Gasteiger partial charge in [0.05, 0.1) is 30.8 Å². The summed E-state index contributed by atoms with van der Waals surface area (Å²) in [4.78, 5) is 12.0. The molecule has 3 aromatic carbocycles. The van der Waals surface area contributed by atoms with Gasteiger partial charge in [0.25, 0.3) is 0 Å². The first kappa shape index (κ1) is 23.9. The first-order valence-electron chi connectivity index (χ1n) is 10.6. The molecule has 0 spiro atoms. The maximum absolute atomic E-state index is 13.8. The molecule has 0 N–H and O–H groups in total. The van der Waals surface area contributed by atoms with Crippen LogP contribution in [0.25, 0.3) is 0 Å². The number of hydrogen-bond donors (Lipinski definition) is 0. The van der Waals surface area contributed by atoms with Crippen molar-refractivity contribution >= 4 is 16.0 Å². The highest BCUT2D eigenvalue weighted by Gasteiger charge is 2.31. The van der Waals surface area contributed by atoms with Crippen molar-refractivity contribution in [1.29, 1.82) is 0 Å². The number of carbonyl (C=O) groups excluding carboxylic acids is 1. The quantitative estimate of drug-likeness (QED) is 0.472. The number of sulfonamides is 1. The lowest BCUT2D eigenvalue weighted by molar-refractivity contribution is 0.0596. The van der Waals surface area contributed by atoms with Gasteiger partial charge in [-0.2, -0.15) is 4.31 Å². The van der Waals surface area contributed by atoms with Gasteiger partial charge in [0.1, 0.15) is 18.2 Å². The predicted octanol–water partition coefficient (Wildman–Crippen LogP) is 3.91. The van der Waals surface area contributed by atoms with E-state index in [0.717, 1.165) is 5.56 Å². The van der Waals surface area contributed by atoms with Crippen LogP contribution in [0.2, 0.25) is 0 Å². The number of methoxy groups -OCH3 is 1. The Labute approximate surface area is 197 Å². The van der Waals surface area contributed by atoms with Gasteiger partial charge in [-0.05, 0) is 35.9 Å². The van der Waals surface area contributed by atoms with E-state index in [1.165, 1.54) is 29.6 Å². The van der Waals surface area contributed by atoms with Crippen molar-refractivity contribution in [2.75, 3.05) is 20.3 Å². The lowest BCUT2D eigenvalue weighted by Crippen LogP contribution is -2.33. The van der Waals surface area contributed by atoms with E-state index in [-0.39, 0.29) is 49.2 Å². The molecule has 0 saturated heterocycles. The Kier molecular flexibility index (Phi) is 7.26. The molecule has 0 amide bonds. The van der Waals surface area contributed by atoms with E-state index in [4.69, 9.17) is 14.2 Å². The Morgan fingerprint density at radius 2 is 1.82 bits per heavy atom. The number of fused-ring (bicyclic) bond motifs is 1. The molecule has 0 aromatic heterocycles. The molecule has 3 aromatic rings. The number of rotatable bonds is 7. The third kappa shape index (κ3) is 5.11. The summed E-state index contributed by atoms with van der Waals surface area (Å²) in [5.41, 5.74) is 1.91. The number of benzene rings is 3. The summed E-state index contributed by atoms with van der Waals surface area (Å²) in [6.07, 6.45) is 0. The van der Waals surface area contributed by atoms with Crippen LogP contribution < -0.4 is 4.74 Å². The fourth-order valence-electron chi connectivity index (χ4n) is 3.72. The van der Waals surface area contributed by atoms with E-state index in [1.54, 1.807) is 36.4 Å². The van der Waals surface area contributed by atoms with Gasteiger partial charge in [-0.1, -0.05) is 36.4 Å². The predicted molar refractivity (Wildman–Crippen MR) is 122 cm³/mol. The molecule has 4 rings (SSSR count). The number of hydrogen-bond acceptors (Lipinski definition) is 6. The maximum atomic E-state index is 13.8. The molecule has 0 bridgehead atoms. The number of halogens is 1. The Bertz CT molecular complexity index is 1290. The smallest absolute Gasteiger partial charge is 0.339 e. The van der Waals surface area contributed by atoms with E-state index in [9.17, 15) is 17.6 Å². The van der Waals surface area contributed by atoms with Gasteiger partial charge >= 0.3 is 5.97 Å². The largest absolute Gasteiger partial charge is 0.492 e. The van der Waals surface area contributed by atoms with E-state index >= 15 is 0 Å². The number of esters is 1. The minimum atomic E-state index is -4.00. The van der Waals surface area contributed by atoms with E-state index < -0.39 is 16.0 Å². The van der Waals surface area contributed by atoms with Crippen molar-refractivity contribution < 1.29 is 31.8 Å². The van der Waals surface area contributed by atoms with E-state index in [2.05, 4.69) is 0 Å². The van der Waals surface area contributed by atoms with Crippen LogP contribution in [-0.4, -0.2) is 39.0 Å². The van der Waals surface area contributed by atoms with Crippen LogP contribution >= 0.6 is 0 Å². The second-order valence-electron chi connectivity index (χ2n) is 7.70. The normalized spacial score (nSPS) is 14.1. The molecule has 7 nitrogen and oxygen atoms in total. The summed E-state index contributed by atoms with van der Waals surface area (Å²) >= 11 is 0. The average Bonchev–Trinajstić information content (AvgIpc) is 3.07. The first-order valence-corrected chi connectivity index (χ1v) is 12.1. The molecular formula is C25H24FNO6S. The molecule has 34 heavy (non-hydrogen) atoms. The van der Waals surface area contributed by atoms with Crippen LogP contribution in [-0.2, 0) is 39.3 Å². The third-order valence-electron chi connectivity index (χ3n) is 5.46. The minimum Gasteiger partial charge on any atom is -0.492 e. The average molecular weight is 486 g/mol. The van der Waals surface area contributed by atoms with Gasteiger partial charge in [0, 0.05) is 24.2 Å². The van der Waals surface area contributed by atoms with Gasteiger partial charge in [-0.3, -0.25) is 0 Å². The van der Waals surface area contributed by atoms with Crippen molar-refractivity contribution in [2.45, 2.75) is 24.7 Å². The monoisotopic (exact) mass is 485 g/mol. The summed E-state index contributed by atoms with van der Waals surface area (Å²) in [6.45, 7) is 0.681. The van der Waals surface area contributed by atoms with Gasteiger partial charge in [0.15, 0.2) is 0 Å². The highest BCUT2D eigenvalue weighted by Crippen LogP contribution is 2.29. The molecule has 0 unspecified atom stereocenters. The summed E-state index contributed by atoms with van der Waals surface area (Å²) in [7, 11) is -2.80. The fraction of sp³-hybridized carbons (Fsp3) is 0.240. The minimum absolute atomic E-state index is 0.0225. The second-order valence-corrected chi connectivity index (χ2v) is 9.61. The molecule has 1 aliphatic heterocycles. The van der Waals surface area contributed by atoms with Gasteiger partial charge in [0.2, 0.25) is 10.0 Å². The van der Waals surface area contributed by atoms with Crippen molar-refractivity contribution in [3.63, 3.8) is 0 Å². The summed E-state index contributed by atoms with van der Waals surface area (Å²) in [6, 6.07) is 17.8. The zero-order valence-corrected chi connectivity index (χ0v) is 19.4. The topological polar surface area (TPSA) is 82.1 Å². The highest BCUT2D eigenvalue weighted by molar-refractivity contribution is 7.89. The van der Waals surface area contributed by atoms with Gasteiger partial charge in [-0.25, -0.2) is 17.6 Å². The Hall–Kier alpha value is -3.27.